The number of halogens is 7. The van der Waals surface area contributed by atoms with E-state index in [0.717, 1.165) is 67.2 Å². The fourth-order valence-corrected chi connectivity index (χ4v) is 6.22. The molecule has 1 aliphatic carbocycles. The Bertz CT molecular complexity index is 1510. The number of benzene rings is 3. The summed E-state index contributed by atoms with van der Waals surface area (Å²) in [7, 11) is 0. The molecule has 3 aromatic carbocycles. The van der Waals surface area contributed by atoms with Gasteiger partial charge in [-0.1, -0.05) is 38.2 Å². The van der Waals surface area contributed by atoms with E-state index < -0.39 is 29.5 Å². The monoisotopic (exact) mass is 606 g/mol. The van der Waals surface area contributed by atoms with Gasteiger partial charge >= 0.3 is 12.3 Å². The number of hydrogen-bond donors (Lipinski definition) is 0. The molecule has 2 aliphatic rings. The lowest BCUT2D eigenvalue weighted by molar-refractivity contribution is -0.185. The molecule has 0 amide bonds. The first kappa shape index (κ1) is 31.2. The van der Waals surface area contributed by atoms with Gasteiger partial charge in [-0.15, -0.1) is 0 Å². The molecular weight excluding hydrogens is 573 g/mol. The van der Waals surface area contributed by atoms with Crippen LogP contribution in [0.1, 0.15) is 74.1 Å². The van der Waals surface area contributed by atoms with E-state index in [1.54, 1.807) is 6.07 Å². The largest absolute Gasteiger partial charge is 0.458 e. The molecule has 0 saturated carbocycles. The maximum atomic E-state index is 15.2. The summed E-state index contributed by atoms with van der Waals surface area (Å²) in [4.78, 5) is 0. The Hall–Kier alpha value is -3.25. The summed E-state index contributed by atoms with van der Waals surface area (Å²) >= 11 is 0. The first-order valence-corrected chi connectivity index (χ1v) is 14.8. The molecule has 43 heavy (non-hydrogen) atoms. The number of alkyl halides is 5. The third-order valence-electron chi connectivity index (χ3n) is 8.53. The second-order valence-corrected chi connectivity index (χ2v) is 11.6. The van der Waals surface area contributed by atoms with Crippen molar-refractivity contribution in [2.45, 2.75) is 83.1 Å². The van der Waals surface area contributed by atoms with E-state index in [1.807, 2.05) is 0 Å². The minimum absolute atomic E-state index is 0.158. The summed E-state index contributed by atoms with van der Waals surface area (Å²) in [6.45, 7) is 2.99. The Morgan fingerprint density at radius 1 is 0.930 bits per heavy atom. The molecule has 2 nitrogen and oxygen atoms in total. The average Bonchev–Trinajstić information content (AvgIpc) is 2.96. The smallest absolute Gasteiger partial charge is 0.429 e. The van der Waals surface area contributed by atoms with E-state index in [1.165, 1.54) is 50.2 Å². The molecule has 1 aliphatic heterocycles. The Morgan fingerprint density at radius 3 is 2.47 bits per heavy atom. The topological polar surface area (TPSA) is 18.5 Å². The predicted molar refractivity (Wildman–Crippen MR) is 150 cm³/mol. The van der Waals surface area contributed by atoms with Gasteiger partial charge in [0.2, 0.25) is 0 Å². The first-order chi connectivity index (χ1) is 20.4. The average molecular weight is 607 g/mol. The van der Waals surface area contributed by atoms with Crippen LogP contribution in [0.25, 0.3) is 10.8 Å². The normalized spacial score (nSPS) is 20.8. The Morgan fingerprint density at radius 2 is 1.74 bits per heavy atom. The van der Waals surface area contributed by atoms with Crippen LogP contribution in [0.15, 0.2) is 42.5 Å². The molecule has 3 unspecified atom stereocenters. The SMILES string of the molecule is CCCCCC1CCC(C2CCc3cc(C(F)(F)Oc4ccc5c(F)c(C#CC(F)(F)F)c(F)cc5c4)ccc3C2)OC1. The zero-order valence-electron chi connectivity index (χ0n) is 23.8. The predicted octanol–water partition coefficient (Wildman–Crippen LogP) is 9.64. The van der Waals surface area contributed by atoms with Crippen molar-refractivity contribution in [3.05, 3.63) is 76.4 Å². The van der Waals surface area contributed by atoms with Gasteiger partial charge in [-0.25, -0.2) is 8.78 Å². The number of ether oxygens (including phenoxy) is 2. The molecule has 5 rings (SSSR count). The molecule has 3 atom stereocenters. The molecular formula is C34H33F7O2. The molecule has 0 bridgehead atoms. The summed E-state index contributed by atoms with van der Waals surface area (Å²) in [6, 6.07) is 8.34. The van der Waals surface area contributed by atoms with Gasteiger partial charge in [-0.3, -0.25) is 0 Å². The molecule has 230 valence electrons. The quantitative estimate of drug-likeness (QED) is 0.144. The van der Waals surface area contributed by atoms with E-state index in [-0.39, 0.29) is 28.2 Å². The van der Waals surface area contributed by atoms with E-state index in [4.69, 9.17) is 9.47 Å². The van der Waals surface area contributed by atoms with E-state index in [2.05, 4.69) is 6.92 Å². The van der Waals surface area contributed by atoms with Crippen molar-refractivity contribution in [1.29, 1.82) is 0 Å². The van der Waals surface area contributed by atoms with E-state index in [9.17, 15) is 22.0 Å². The minimum atomic E-state index is -4.93. The van der Waals surface area contributed by atoms with Crippen molar-refractivity contribution >= 4 is 10.8 Å². The van der Waals surface area contributed by atoms with Crippen molar-refractivity contribution in [3.63, 3.8) is 0 Å². The lowest BCUT2D eigenvalue weighted by atomic mass is 9.77. The van der Waals surface area contributed by atoms with E-state index >= 15 is 8.78 Å². The van der Waals surface area contributed by atoms with Gasteiger partial charge in [0.25, 0.3) is 0 Å². The van der Waals surface area contributed by atoms with Gasteiger partial charge in [0.05, 0.1) is 17.2 Å². The number of unbranched alkanes of at least 4 members (excludes halogenated alkanes) is 2. The summed E-state index contributed by atoms with van der Waals surface area (Å²) in [5.74, 6) is 0.256. The van der Waals surface area contributed by atoms with E-state index in [0.29, 0.717) is 18.3 Å². The Kier molecular flexibility index (Phi) is 9.26. The van der Waals surface area contributed by atoms with Crippen molar-refractivity contribution < 1.29 is 40.2 Å². The highest BCUT2D eigenvalue weighted by atomic mass is 19.4. The van der Waals surface area contributed by atoms with Crippen LogP contribution in [-0.4, -0.2) is 18.9 Å². The summed E-state index contributed by atoms with van der Waals surface area (Å²) in [6.07, 6.45) is 0.895. The van der Waals surface area contributed by atoms with Crippen LogP contribution in [0, 0.1) is 35.3 Å². The fourth-order valence-electron chi connectivity index (χ4n) is 6.22. The molecule has 3 aromatic rings. The van der Waals surface area contributed by atoms with Crippen LogP contribution in [0.4, 0.5) is 30.7 Å². The highest BCUT2D eigenvalue weighted by Gasteiger charge is 2.37. The lowest BCUT2D eigenvalue weighted by Crippen LogP contribution is -2.35. The van der Waals surface area contributed by atoms with Gasteiger partial charge < -0.3 is 9.47 Å². The minimum Gasteiger partial charge on any atom is -0.429 e. The van der Waals surface area contributed by atoms with Crippen LogP contribution in [0.2, 0.25) is 0 Å². The maximum Gasteiger partial charge on any atom is 0.458 e. The molecule has 1 fully saturated rings. The van der Waals surface area contributed by atoms with Gasteiger partial charge in [0.15, 0.2) is 0 Å². The van der Waals surface area contributed by atoms with Crippen molar-refractivity contribution in [3.8, 4) is 17.6 Å². The third kappa shape index (κ3) is 7.46. The summed E-state index contributed by atoms with van der Waals surface area (Å²) in [5, 5.41) is -0.435. The first-order valence-electron chi connectivity index (χ1n) is 14.8. The maximum absolute atomic E-state index is 15.2. The number of hydrogen-bond acceptors (Lipinski definition) is 2. The van der Waals surface area contributed by atoms with Crippen LogP contribution >= 0.6 is 0 Å². The Balaban J connectivity index is 1.25. The van der Waals surface area contributed by atoms with Gasteiger partial charge in [-0.2, -0.15) is 22.0 Å². The number of fused-ring (bicyclic) bond motifs is 2. The molecule has 0 radical (unpaired) electrons. The highest BCUT2D eigenvalue weighted by molar-refractivity contribution is 5.86. The van der Waals surface area contributed by atoms with Crippen molar-refractivity contribution in [2.75, 3.05) is 6.61 Å². The van der Waals surface area contributed by atoms with Crippen molar-refractivity contribution in [2.24, 2.45) is 11.8 Å². The standard InChI is InChI=1S/C34H33F7O2/c1-2-3-4-5-21-6-13-31(42-20-21)24-8-7-23-17-26(10-9-22(23)16-24)34(40,41)43-27-11-12-28-25(18-27)19-30(35)29(32(28)36)14-15-33(37,38)39/h9-12,17-19,21,24,31H,2-8,13,16,20H2,1H3. The summed E-state index contributed by atoms with van der Waals surface area (Å²) in [5.41, 5.74) is 0.455. The number of rotatable bonds is 8. The second kappa shape index (κ2) is 12.8. The van der Waals surface area contributed by atoms with Crippen LogP contribution < -0.4 is 4.74 Å². The second-order valence-electron chi connectivity index (χ2n) is 11.6. The van der Waals surface area contributed by atoms with Gasteiger partial charge in [0, 0.05) is 17.9 Å². The zero-order valence-corrected chi connectivity index (χ0v) is 23.8. The van der Waals surface area contributed by atoms with Gasteiger partial charge in [0.1, 0.15) is 17.4 Å². The molecule has 1 saturated heterocycles. The highest BCUT2D eigenvalue weighted by Crippen LogP contribution is 2.39. The molecule has 0 aromatic heterocycles. The molecule has 0 spiro atoms. The fraction of sp³-hybridized carbons (Fsp3) is 0.471. The molecule has 9 heteroatoms. The number of aryl methyl sites for hydroxylation is 1. The summed E-state index contributed by atoms with van der Waals surface area (Å²) < 4.78 is 108. The molecule has 1 heterocycles. The van der Waals surface area contributed by atoms with Crippen LogP contribution in [0.5, 0.6) is 5.75 Å². The van der Waals surface area contributed by atoms with Crippen LogP contribution in [-0.2, 0) is 23.7 Å². The van der Waals surface area contributed by atoms with Crippen molar-refractivity contribution in [1.82, 2.24) is 0 Å². The van der Waals surface area contributed by atoms with Gasteiger partial charge in [-0.05, 0) is 103 Å². The van der Waals surface area contributed by atoms with Crippen LogP contribution in [0.3, 0.4) is 0 Å². The lowest BCUT2D eigenvalue weighted by Gasteiger charge is -2.37. The zero-order chi connectivity index (χ0) is 30.8. The third-order valence-corrected chi connectivity index (χ3v) is 8.53. The Labute approximate surface area is 246 Å². The molecule has 0 N–H and O–H groups in total.